The van der Waals surface area contributed by atoms with Gasteiger partial charge in [-0.1, -0.05) is 20.3 Å². The van der Waals surface area contributed by atoms with Crippen molar-refractivity contribution >= 4 is 29.5 Å². The molecule has 3 amide bonds. The van der Waals surface area contributed by atoms with E-state index in [-0.39, 0.29) is 29.0 Å². The van der Waals surface area contributed by atoms with E-state index in [9.17, 15) is 14.4 Å². The third-order valence-corrected chi connectivity index (χ3v) is 4.62. The van der Waals surface area contributed by atoms with Crippen LogP contribution in [0.15, 0.2) is 0 Å². The molecular weight excluding hydrogens is 300 g/mol. The molecule has 1 aliphatic heterocycles. The third-order valence-electron chi connectivity index (χ3n) is 3.37. The van der Waals surface area contributed by atoms with E-state index in [0.717, 1.165) is 19.3 Å². The van der Waals surface area contributed by atoms with Crippen LogP contribution in [-0.2, 0) is 14.4 Å². The molecule has 0 aromatic rings. The summed E-state index contributed by atoms with van der Waals surface area (Å²) < 4.78 is 0. The van der Waals surface area contributed by atoms with Crippen LogP contribution in [0.2, 0.25) is 0 Å². The standard InChI is InChI=1S/C16H28N2O3S/c1-11(2)17-14(19)8-6-5-7-9-18-15(20)10-13(16(18)21)22-12(3)4/h11-13H,5-10H2,1-4H3,(H,17,19). The lowest BCUT2D eigenvalue weighted by Gasteiger charge is -2.15. The van der Waals surface area contributed by atoms with Crippen molar-refractivity contribution in [2.75, 3.05) is 6.54 Å². The van der Waals surface area contributed by atoms with Gasteiger partial charge in [-0.3, -0.25) is 19.3 Å². The summed E-state index contributed by atoms with van der Waals surface area (Å²) in [4.78, 5) is 36.9. The van der Waals surface area contributed by atoms with Crippen LogP contribution in [0.25, 0.3) is 0 Å². The van der Waals surface area contributed by atoms with E-state index in [1.54, 1.807) is 11.8 Å². The second-order valence-electron chi connectivity index (χ2n) is 6.29. The summed E-state index contributed by atoms with van der Waals surface area (Å²) in [6, 6.07) is 0.169. The SMILES string of the molecule is CC(C)NC(=O)CCCCCN1C(=O)CC(SC(C)C)C1=O. The zero-order valence-electron chi connectivity index (χ0n) is 14.1. The molecule has 22 heavy (non-hydrogen) atoms. The first kappa shape index (κ1) is 19.0. The lowest BCUT2D eigenvalue weighted by atomic mass is 10.1. The molecule has 0 bridgehead atoms. The number of likely N-dealkylation sites (tertiary alicyclic amines) is 1. The van der Waals surface area contributed by atoms with E-state index in [4.69, 9.17) is 0 Å². The molecule has 0 aromatic carbocycles. The minimum Gasteiger partial charge on any atom is -0.354 e. The Kier molecular flexibility index (Phi) is 7.93. The van der Waals surface area contributed by atoms with E-state index < -0.39 is 0 Å². The molecule has 6 heteroatoms. The van der Waals surface area contributed by atoms with Crippen molar-refractivity contribution in [2.45, 2.75) is 76.3 Å². The smallest absolute Gasteiger partial charge is 0.242 e. The fourth-order valence-electron chi connectivity index (χ4n) is 2.45. The maximum atomic E-state index is 12.2. The summed E-state index contributed by atoms with van der Waals surface area (Å²) in [6.45, 7) is 8.43. The van der Waals surface area contributed by atoms with E-state index in [1.165, 1.54) is 4.90 Å². The zero-order valence-corrected chi connectivity index (χ0v) is 14.9. The highest BCUT2D eigenvalue weighted by atomic mass is 32.2. The fourth-order valence-corrected chi connectivity index (χ4v) is 3.59. The predicted octanol–water partition coefficient (Wildman–Crippen LogP) is 2.34. The van der Waals surface area contributed by atoms with Gasteiger partial charge in [-0.25, -0.2) is 0 Å². The number of rotatable bonds is 9. The molecule has 1 saturated heterocycles. The summed E-state index contributed by atoms with van der Waals surface area (Å²) in [5.74, 6) is -0.0290. The van der Waals surface area contributed by atoms with Gasteiger partial charge in [0, 0.05) is 25.4 Å². The van der Waals surface area contributed by atoms with Gasteiger partial charge < -0.3 is 5.32 Å². The van der Waals surface area contributed by atoms with Gasteiger partial charge in [0.1, 0.15) is 0 Å². The van der Waals surface area contributed by atoms with Crippen LogP contribution in [0.5, 0.6) is 0 Å². The quantitative estimate of drug-likeness (QED) is 0.521. The number of hydrogen-bond acceptors (Lipinski definition) is 4. The summed E-state index contributed by atoms with van der Waals surface area (Å²) in [7, 11) is 0. The number of amides is 3. The molecule has 0 aliphatic carbocycles. The first-order chi connectivity index (χ1) is 10.3. The zero-order chi connectivity index (χ0) is 16.7. The van der Waals surface area contributed by atoms with Crippen LogP contribution in [-0.4, -0.2) is 45.7 Å². The van der Waals surface area contributed by atoms with E-state index in [1.807, 2.05) is 27.7 Å². The Morgan fingerprint density at radius 2 is 1.91 bits per heavy atom. The van der Waals surface area contributed by atoms with Crippen molar-refractivity contribution in [1.29, 1.82) is 0 Å². The number of imide groups is 1. The molecule has 0 saturated carbocycles. The molecule has 0 radical (unpaired) electrons. The molecule has 1 N–H and O–H groups in total. The Morgan fingerprint density at radius 3 is 2.50 bits per heavy atom. The minimum absolute atomic E-state index is 0.0405. The number of nitrogens with zero attached hydrogens (tertiary/aromatic N) is 1. The monoisotopic (exact) mass is 328 g/mol. The lowest BCUT2D eigenvalue weighted by Crippen LogP contribution is -2.32. The Balaban J connectivity index is 2.23. The summed E-state index contributed by atoms with van der Waals surface area (Å²) in [6.07, 6.45) is 3.25. The van der Waals surface area contributed by atoms with Gasteiger partial charge in [0.15, 0.2) is 0 Å². The van der Waals surface area contributed by atoms with Gasteiger partial charge in [0.05, 0.1) is 5.25 Å². The largest absolute Gasteiger partial charge is 0.354 e. The maximum absolute atomic E-state index is 12.2. The van der Waals surface area contributed by atoms with Crippen LogP contribution in [0.4, 0.5) is 0 Å². The minimum atomic E-state index is -0.204. The second kappa shape index (κ2) is 9.18. The molecule has 1 heterocycles. The van der Waals surface area contributed by atoms with Crippen LogP contribution in [0.1, 0.15) is 59.8 Å². The first-order valence-electron chi connectivity index (χ1n) is 8.10. The van der Waals surface area contributed by atoms with Crippen LogP contribution in [0.3, 0.4) is 0 Å². The summed E-state index contributed by atoms with van der Waals surface area (Å²) >= 11 is 1.57. The number of nitrogens with one attached hydrogen (secondary N) is 1. The Labute approximate surface area is 137 Å². The average molecular weight is 328 g/mol. The Hall–Kier alpha value is -1.04. The number of carbonyl (C=O) groups excluding carboxylic acids is 3. The van der Waals surface area contributed by atoms with Gasteiger partial charge in [0.2, 0.25) is 17.7 Å². The van der Waals surface area contributed by atoms with Gasteiger partial charge in [-0.2, -0.15) is 0 Å². The van der Waals surface area contributed by atoms with Crippen LogP contribution < -0.4 is 5.32 Å². The first-order valence-corrected chi connectivity index (χ1v) is 9.04. The van der Waals surface area contributed by atoms with Crippen LogP contribution in [0, 0.1) is 0 Å². The molecule has 5 nitrogen and oxygen atoms in total. The van der Waals surface area contributed by atoms with E-state index in [0.29, 0.717) is 24.6 Å². The number of unbranched alkanes of at least 4 members (excludes halogenated alkanes) is 2. The van der Waals surface area contributed by atoms with Gasteiger partial charge in [-0.05, 0) is 31.9 Å². The number of carbonyl (C=O) groups is 3. The van der Waals surface area contributed by atoms with Crippen molar-refractivity contribution in [3.8, 4) is 0 Å². The maximum Gasteiger partial charge on any atom is 0.242 e. The fraction of sp³-hybridized carbons (Fsp3) is 0.812. The topological polar surface area (TPSA) is 66.5 Å². The molecule has 0 aromatic heterocycles. The molecule has 1 atom stereocenters. The molecule has 0 spiro atoms. The summed E-state index contributed by atoms with van der Waals surface area (Å²) in [5, 5.41) is 3.00. The van der Waals surface area contributed by atoms with Crippen LogP contribution >= 0.6 is 11.8 Å². The highest BCUT2D eigenvalue weighted by molar-refractivity contribution is 8.01. The third kappa shape index (κ3) is 6.38. The van der Waals surface area contributed by atoms with Crippen molar-refractivity contribution < 1.29 is 14.4 Å². The second-order valence-corrected chi connectivity index (χ2v) is 8.08. The molecule has 1 fully saturated rings. The average Bonchev–Trinajstić information content (AvgIpc) is 2.63. The Bertz CT molecular complexity index is 410. The van der Waals surface area contributed by atoms with Gasteiger partial charge in [0.25, 0.3) is 0 Å². The molecule has 1 unspecified atom stereocenters. The molecule has 1 aliphatic rings. The van der Waals surface area contributed by atoms with E-state index in [2.05, 4.69) is 5.32 Å². The predicted molar refractivity (Wildman–Crippen MR) is 89.6 cm³/mol. The molecular formula is C16H28N2O3S. The lowest BCUT2D eigenvalue weighted by molar-refractivity contribution is -0.138. The van der Waals surface area contributed by atoms with Crippen molar-refractivity contribution in [2.24, 2.45) is 0 Å². The Morgan fingerprint density at radius 1 is 1.23 bits per heavy atom. The highest BCUT2D eigenvalue weighted by Gasteiger charge is 2.38. The van der Waals surface area contributed by atoms with E-state index >= 15 is 0 Å². The van der Waals surface area contributed by atoms with Crippen molar-refractivity contribution in [3.63, 3.8) is 0 Å². The van der Waals surface area contributed by atoms with Crippen molar-refractivity contribution in [1.82, 2.24) is 10.2 Å². The highest BCUT2D eigenvalue weighted by Crippen LogP contribution is 2.28. The summed E-state index contributed by atoms with van der Waals surface area (Å²) in [5.41, 5.74) is 0. The number of thioether (sulfide) groups is 1. The molecule has 1 rings (SSSR count). The normalized spacial score (nSPS) is 18.6. The van der Waals surface area contributed by atoms with Crippen molar-refractivity contribution in [3.05, 3.63) is 0 Å². The van der Waals surface area contributed by atoms with Gasteiger partial charge >= 0.3 is 0 Å². The van der Waals surface area contributed by atoms with Gasteiger partial charge in [-0.15, -0.1) is 11.8 Å². The number of hydrogen-bond donors (Lipinski definition) is 1. The molecule has 126 valence electrons.